The summed E-state index contributed by atoms with van der Waals surface area (Å²) in [6.45, 7) is 13.4. The monoisotopic (exact) mass is 435 g/mol. The van der Waals surface area contributed by atoms with Gasteiger partial charge < -0.3 is 9.72 Å². The van der Waals surface area contributed by atoms with E-state index in [0.717, 1.165) is 19.6 Å². The minimum absolute atomic E-state index is 0.0123. The van der Waals surface area contributed by atoms with Gasteiger partial charge in [-0.15, -0.1) is 0 Å². The molecule has 2 aromatic carbocycles. The molecule has 0 heterocycles. The normalized spacial score (nSPS) is 16.3. The smallest absolute Gasteiger partial charge is 0.130 e. The zero-order valence-corrected chi connectivity index (χ0v) is 21.2. The van der Waals surface area contributed by atoms with Gasteiger partial charge in [0.05, 0.1) is 5.60 Å². The first-order valence-corrected chi connectivity index (χ1v) is 15.1. The number of rotatable bonds is 11. The molecule has 0 amide bonds. The van der Waals surface area contributed by atoms with Gasteiger partial charge in [0.15, 0.2) is 0 Å². The van der Waals surface area contributed by atoms with Crippen molar-refractivity contribution < 1.29 is 4.74 Å². The Morgan fingerprint density at radius 3 is 2.29 bits per heavy atom. The molecule has 0 radical (unpaired) electrons. The molecule has 3 rings (SSSR count). The van der Waals surface area contributed by atoms with Crippen LogP contribution in [0.25, 0.3) is 5.57 Å². The molecule has 1 aliphatic rings. The van der Waals surface area contributed by atoms with Crippen molar-refractivity contribution in [1.29, 1.82) is 0 Å². The van der Waals surface area contributed by atoms with Crippen molar-refractivity contribution in [3.05, 3.63) is 77.4 Å². The molecule has 0 aromatic heterocycles. The molecule has 1 N–H and O–H groups in total. The maximum Gasteiger partial charge on any atom is 0.130 e. The number of nitrogens with one attached hydrogen (secondary N) is 1. The standard InChI is InChI=1S/C28H41NOSi/c1-28(2,3)30-20-14-7-6-13-19-29-31(4,5)27-22-24(21-23-15-9-8-10-16-23)25-17-11-12-18-26(25)27/h8-12,15-18,22,27,29H,6-7,13-14,19-21H2,1-5H3. The second-order valence-corrected chi connectivity index (χ2v) is 14.9. The SMILES string of the molecule is CC(C)(C)OCCCCCCN[Si](C)(C)C1C=C(Cc2ccccc2)c2ccccc21. The third-order valence-corrected chi connectivity index (χ3v) is 9.41. The van der Waals surface area contributed by atoms with Crippen LogP contribution >= 0.6 is 0 Å². The molecule has 0 saturated heterocycles. The van der Waals surface area contributed by atoms with Gasteiger partial charge in [-0.05, 0) is 68.8 Å². The van der Waals surface area contributed by atoms with Crippen LogP contribution in [0.5, 0.6) is 0 Å². The van der Waals surface area contributed by atoms with Gasteiger partial charge in [-0.2, -0.15) is 0 Å². The highest BCUT2D eigenvalue weighted by atomic mass is 28.3. The first-order valence-electron chi connectivity index (χ1n) is 12.0. The lowest BCUT2D eigenvalue weighted by Gasteiger charge is -2.30. The third-order valence-electron chi connectivity index (χ3n) is 6.21. The van der Waals surface area contributed by atoms with E-state index in [4.69, 9.17) is 4.74 Å². The second kappa shape index (κ2) is 10.8. The highest BCUT2D eigenvalue weighted by Gasteiger charge is 2.36. The minimum Gasteiger partial charge on any atom is -0.376 e. The van der Waals surface area contributed by atoms with Gasteiger partial charge >= 0.3 is 0 Å². The number of benzene rings is 2. The molecule has 168 valence electrons. The van der Waals surface area contributed by atoms with E-state index in [-0.39, 0.29) is 5.60 Å². The number of allylic oxidation sites excluding steroid dienone is 2. The van der Waals surface area contributed by atoms with E-state index in [2.05, 4.69) is 99.5 Å². The van der Waals surface area contributed by atoms with Gasteiger partial charge in [-0.3, -0.25) is 0 Å². The average Bonchev–Trinajstić information content (AvgIpc) is 3.09. The first-order chi connectivity index (χ1) is 14.8. The van der Waals surface area contributed by atoms with Crippen molar-refractivity contribution in [2.45, 2.75) is 77.1 Å². The van der Waals surface area contributed by atoms with E-state index in [0.29, 0.717) is 5.54 Å². The molecule has 1 unspecified atom stereocenters. The molecule has 0 bridgehead atoms. The summed E-state index contributed by atoms with van der Waals surface area (Å²) in [7, 11) is -1.63. The van der Waals surface area contributed by atoms with Crippen molar-refractivity contribution in [1.82, 2.24) is 4.98 Å². The van der Waals surface area contributed by atoms with Crippen LogP contribution in [0.2, 0.25) is 13.1 Å². The van der Waals surface area contributed by atoms with Crippen LogP contribution in [-0.2, 0) is 11.2 Å². The summed E-state index contributed by atoms with van der Waals surface area (Å²) >= 11 is 0. The predicted octanol–water partition coefficient (Wildman–Crippen LogP) is 7.12. The van der Waals surface area contributed by atoms with Crippen LogP contribution in [0.3, 0.4) is 0 Å². The predicted molar refractivity (Wildman–Crippen MR) is 137 cm³/mol. The quantitative estimate of drug-likeness (QED) is 0.300. The summed E-state index contributed by atoms with van der Waals surface area (Å²) in [6.07, 6.45) is 8.55. The fraction of sp³-hybridized carbons (Fsp3) is 0.500. The lowest BCUT2D eigenvalue weighted by Crippen LogP contribution is -2.49. The molecule has 3 heteroatoms. The number of ether oxygens (including phenoxy) is 1. The Balaban J connectivity index is 1.53. The zero-order chi connectivity index (χ0) is 22.3. The van der Waals surface area contributed by atoms with E-state index < -0.39 is 8.24 Å². The van der Waals surface area contributed by atoms with Crippen LogP contribution in [0.4, 0.5) is 0 Å². The summed E-state index contributed by atoms with van der Waals surface area (Å²) in [5, 5.41) is 0. The van der Waals surface area contributed by atoms with E-state index >= 15 is 0 Å². The summed E-state index contributed by atoms with van der Waals surface area (Å²) < 4.78 is 5.83. The van der Waals surface area contributed by atoms with Crippen molar-refractivity contribution in [3.8, 4) is 0 Å². The molecule has 2 nitrogen and oxygen atoms in total. The fourth-order valence-corrected chi connectivity index (χ4v) is 7.18. The molecule has 0 fully saturated rings. The molecular formula is C28H41NOSi. The number of unbranched alkanes of at least 4 members (excludes halogenated alkanes) is 3. The first kappa shape index (κ1) is 24.0. The van der Waals surface area contributed by atoms with Crippen molar-refractivity contribution in [3.63, 3.8) is 0 Å². The second-order valence-electron chi connectivity index (χ2n) is 10.4. The largest absolute Gasteiger partial charge is 0.376 e. The molecule has 1 aliphatic carbocycles. The number of fused-ring (bicyclic) bond motifs is 1. The van der Waals surface area contributed by atoms with Crippen molar-refractivity contribution >= 4 is 13.8 Å². The summed E-state index contributed by atoms with van der Waals surface area (Å²) in [5.74, 6) is 0. The highest BCUT2D eigenvalue weighted by molar-refractivity contribution is 6.77. The summed E-state index contributed by atoms with van der Waals surface area (Å²) in [4.78, 5) is 4.00. The van der Waals surface area contributed by atoms with Gasteiger partial charge in [0, 0.05) is 12.1 Å². The third kappa shape index (κ3) is 7.17. The maximum atomic E-state index is 5.83. The Morgan fingerprint density at radius 1 is 0.871 bits per heavy atom. The van der Waals surface area contributed by atoms with Gasteiger partial charge in [-0.1, -0.05) is 86.6 Å². The Labute approximate surface area is 191 Å². The maximum absolute atomic E-state index is 5.83. The van der Waals surface area contributed by atoms with Gasteiger partial charge in [0.2, 0.25) is 0 Å². The topological polar surface area (TPSA) is 21.3 Å². The number of hydrogen-bond donors (Lipinski definition) is 1. The van der Waals surface area contributed by atoms with Crippen molar-refractivity contribution in [2.24, 2.45) is 0 Å². The molecule has 0 spiro atoms. The van der Waals surface area contributed by atoms with Gasteiger partial charge in [0.25, 0.3) is 0 Å². The highest BCUT2D eigenvalue weighted by Crippen LogP contribution is 2.41. The van der Waals surface area contributed by atoms with Crippen LogP contribution in [0.1, 0.15) is 68.7 Å². The van der Waals surface area contributed by atoms with Gasteiger partial charge in [-0.25, -0.2) is 0 Å². The summed E-state index contributed by atoms with van der Waals surface area (Å²) in [5.41, 5.74) is 6.40. The lowest BCUT2D eigenvalue weighted by atomic mass is 9.99. The molecule has 0 aliphatic heterocycles. The Hall–Kier alpha value is -1.68. The Bertz CT molecular complexity index is 851. The average molecular weight is 436 g/mol. The molecular weight excluding hydrogens is 394 g/mol. The van der Waals surface area contributed by atoms with E-state index in [1.807, 2.05) is 0 Å². The molecule has 1 atom stereocenters. The number of hydrogen-bond acceptors (Lipinski definition) is 2. The van der Waals surface area contributed by atoms with Crippen LogP contribution < -0.4 is 4.98 Å². The lowest BCUT2D eigenvalue weighted by molar-refractivity contribution is -0.00473. The van der Waals surface area contributed by atoms with E-state index in [9.17, 15) is 0 Å². The Kier molecular flexibility index (Phi) is 8.32. The molecule has 31 heavy (non-hydrogen) atoms. The van der Waals surface area contributed by atoms with Gasteiger partial charge in [0.1, 0.15) is 8.24 Å². The van der Waals surface area contributed by atoms with Crippen LogP contribution in [0.15, 0.2) is 60.7 Å². The zero-order valence-electron chi connectivity index (χ0n) is 20.2. The van der Waals surface area contributed by atoms with Crippen LogP contribution in [0, 0.1) is 0 Å². The van der Waals surface area contributed by atoms with Crippen LogP contribution in [-0.4, -0.2) is 27.0 Å². The Morgan fingerprint density at radius 2 is 1.55 bits per heavy atom. The van der Waals surface area contributed by atoms with E-state index in [1.54, 1.807) is 0 Å². The molecule has 0 saturated carbocycles. The summed E-state index contributed by atoms with van der Waals surface area (Å²) in [6, 6.07) is 19.9. The minimum atomic E-state index is -1.63. The fourth-order valence-electron chi connectivity index (χ4n) is 4.49. The molecule has 2 aromatic rings. The van der Waals surface area contributed by atoms with E-state index in [1.165, 1.54) is 47.9 Å². The van der Waals surface area contributed by atoms with Crippen molar-refractivity contribution in [2.75, 3.05) is 13.2 Å².